The first-order chi connectivity index (χ1) is 5.65. The fourth-order valence-electron chi connectivity index (χ4n) is 0.907. The van der Waals surface area contributed by atoms with Crippen LogP contribution in [0.3, 0.4) is 0 Å². The Labute approximate surface area is 71.4 Å². The average molecular weight is 164 g/mol. The number of nitrogens with zero attached hydrogens (tertiary/aromatic N) is 3. The SMILES string of the molecule is C=NC(C)=Nc1c(C)n[nH]c1C. The minimum atomic E-state index is 0.655. The highest BCUT2D eigenvalue weighted by Gasteiger charge is 2.03. The van der Waals surface area contributed by atoms with Crippen LogP contribution >= 0.6 is 0 Å². The van der Waals surface area contributed by atoms with E-state index in [0.717, 1.165) is 17.1 Å². The number of aliphatic imine (C=N–C) groups is 2. The molecular weight excluding hydrogens is 152 g/mol. The van der Waals surface area contributed by atoms with Gasteiger partial charge in [0.05, 0.1) is 11.4 Å². The van der Waals surface area contributed by atoms with E-state index in [4.69, 9.17) is 0 Å². The van der Waals surface area contributed by atoms with Crippen LogP contribution in [0.5, 0.6) is 0 Å². The van der Waals surface area contributed by atoms with Crippen molar-refractivity contribution in [1.29, 1.82) is 0 Å². The van der Waals surface area contributed by atoms with Gasteiger partial charge in [0.1, 0.15) is 11.5 Å². The number of aryl methyl sites for hydroxylation is 2. The van der Waals surface area contributed by atoms with Gasteiger partial charge in [0.25, 0.3) is 0 Å². The minimum absolute atomic E-state index is 0.655. The van der Waals surface area contributed by atoms with E-state index in [1.54, 1.807) is 6.92 Å². The second-order valence-corrected chi connectivity index (χ2v) is 2.60. The zero-order valence-corrected chi connectivity index (χ0v) is 7.55. The van der Waals surface area contributed by atoms with E-state index in [-0.39, 0.29) is 0 Å². The largest absolute Gasteiger partial charge is 0.280 e. The molecule has 0 aliphatic carbocycles. The van der Waals surface area contributed by atoms with Gasteiger partial charge in [-0.2, -0.15) is 5.10 Å². The highest BCUT2D eigenvalue weighted by Crippen LogP contribution is 2.20. The molecule has 12 heavy (non-hydrogen) atoms. The highest BCUT2D eigenvalue weighted by atomic mass is 15.1. The Morgan fingerprint density at radius 3 is 2.58 bits per heavy atom. The third-order valence-corrected chi connectivity index (χ3v) is 1.59. The van der Waals surface area contributed by atoms with Crippen LogP contribution in [-0.4, -0.2) is 22.8 Å². The Kier molecular flexibility index (Phi) is 2.38. The molecule has 0 saturated heterocycles. The average Bonchev–Trinajstić information content (AvgIpc) is 2.35. The van der Waals surface area contributed by atoms with Crippen LogP contribution in [0.2, 0.25) is 0 Å². The summed E-state index contributed by atoms with van der Waals surface area (Å²) in [4.78, 5) is 7.93. The Morgan fingerprint density at radius 1 is 1.50 bits per heavy atom. The molecule has 1 N–H and O–H groups in total. The monoisotopic (exact) mass is 164 g/mol. The number of hydrogen-bond acceptors (Lipinski definition) is 2. The maximum absolute atomic E-state index is 4.23. The molecule has 0 bridgehead atoms. The maximum atomic E-state index is 4.23. The van der Waals surface area contributed by atoms with Crippen molar-refractivity contribution in [2.24, 2.45) is 9.98 Å². The van der Waals surface area contributed by atoms with E-state index >= 15 is 0 Å². The van der Waals surface area contributed by atoms with Crippen LogP contribution in [0.4, 0.5) is 5.69 Å². The summed E-state index contributed by atoms with van der Waals surface area (Å²) in [6, 6.07) is 0. The smallest absolute Gasteiger partial charge is 0.125 e. The van der Waals surface area contributed by atoms with Crippen LogP contribution in [-0.2, 0) is 0 Å². The summed E-state index contributed by atoms with van der Waals surface area (Å²) in [7, 11) is 0. The van der Waals surface area contributed by atoms with Crippen LogP contribution in [0.1, 0.15) is 18.3 Å². The lowest BCUT2D eigenvalue weighted by Crippen LogP contribution is -1.82. The summed E-state index contributed by atoms with van der Waals surface area (Å²) < 4.78 is 0. The maximum Gasteiger partial charge on any atom is 0.125 e. The van der Waals surface area contributed by atoms with Gasteiger partial charge in [-0.25, -0.2) is 9.98 Å². The van der Waals surface area contributed by atoms with Crippen LogP contribution in [0.25, 0.3) is 0 Å². The molecular formula is C8H12N4. The van der Waals surface area contributed by atoms with E-state index in [9.17, 15) is 0 Å². The molecule has 0 aromatic carbocycles. The van der Waals surface area contributed by atoms with Crippen LogP contribution < -0.4 is 0 Å². The fraction of sp³-hybridized carbons (Fsp3) is 0.375. The summed E-state index contributed by atoms with van der Waals surface area (Å²) in [5.74, 6) is 0.655. The minimum Gasteiger partial charge on any atom is -0.280 e. The van der Waals surface area contributed by atoms with Crippen molar-refractivity contribution in [2.45, 2.75) is 20.8 Å². The van der Waals surface area contributed by atoms with Crippen molar-refractivity contribution in [3.05, 3.63) is 11.4 Å². The Bertz CT molecular complexity index is 302. The van der Waals surface area contributed by atoms with E-state index in [2.05, 4.69) is 26.9 Å². The van der Waals surface area contributed by atoms with E-state index in [0.29, 0.717) is 5.84 Å². The quantitative estimate of drug-likeness (QED) is 0.499. The van der Waals surface area contributed by atoms with Gasteiger partial charge in [0, 0.05) is 0 Å². The second-order valence-electron chi connectivity index (χ2n) is 2.60. The molecule has 0 fully saturated rings. The number of amidine groups is 1. The van der Waals surface area contributed by atoms with Gasteiger partial charge >= 0.3 is 0 Å². The lowest BCUT2D eigenvalue weighted by atomic mass is 10.3. The Morgan fingerprint density at radius 2 is 2.17 bits per heavy atom. The zero-order valence-electron chi connectivity index (χ0n) is 7.55. The van der Waals surface area contributed by atoms with Crippen molar-refractivity contribution < 1.29 is 0 Å². The third-order valence-electron chi connectivity index (χ3n) is 1.59. The molecule has 4 nitrogen and oxygen atoms in total. The number of H-pyrrole nitrogens is 1. The van der Waals surface area contributed by atoms with Crippen LogP contribution in [0.15, 0.2) is 9.98 Å². The van der Waals surface area contributed by atoms with Crippen molar-refractivity contribution in [3.63, 3.8) is 0 Å². The molecule has 4 heteroatoms. The molecule has 0 radical (unpaired) electrons. The first-order valence-electron chi connectivity index (χ1n) is 3.68. The molecule has 0 spiro atoms. The number of nitrogens with one attached hydrogen (secondary N) is 1. The summed E-state index contributed by atoms with van der Waals surface area (Å²) in [6.07, 6.45) is 0. The molecule has 0 atom stereocenters. The van der Waals surface area contributed by atoms with Gasteiger partial charge in [0.2, 0.25) is 0 Å². The number of rotatable bonds is 1. The molecule has 0 aliphatic heterocycles. The summed E-state index contributed by atoms with van der Waals surface area (Å²) in [5, 5.41) is 6.86. The standard InChI is InChI=1S/C8H12N4/c1-5-8(6(2)12-11-5)10-7(3)9-4/h4H2,1-3H3,(H,11,12). The first kappa shape index (κ1) is 8.64. The van der Waals surface area contributed by atoms with Crippen molar-refractivity contribution in [3.8, 4) is 0 Å². The van der Waals surface area contributed by atoms with Gasteiger partial charge in [-0.15, -0.1) is 0 Å². The lowest BCUT2D eigenvalue weighted by Gasteiger charge is -1.92. The number of hydrogen-bond donors (Lipinski definition) is 1. The topological polar surface area (TPSA) is 53.4 Å². The Hall–Kier alpha value is -1.45. The molecule has 1 heterocycles. The molecule has 0 amide bonds. The molecule has 1 aromatic rings. The van der Waals surface area contributed by atoms with Gasteiger partial charge in [-0.1, -0.05) is 0 Å². The molecule has 0 saturated carbocycles. The lowest BCUT2D eigenvalue weighted by molar-refractivity contribution is 1.02. The van der Waals surface area contributed by atoms with E-state index in [1.807, 2.05) is 13.8 Å². The normalized spacial score (nSPS) is 11.8. The predicted molar refractivity (Wildman–Crippen MR) is 50.4 cm³/mol. The molecule has 0 unspecified atom stereocenters. The fourth-order valence-corrected chi connectivity index (χ4v) is 0.907. The number of aromatic amines is 1. The molecule has 1 rings (SSSR count). The van der Waals surface area contributed by atoms with Gasteiger partial charge < -0.3 is 0 Å². The van der Waals surface area contributed by atoms with E-state index < -0.39 is 0 Å². The van der Waals surface area contributed by atoms with E-state index in [1.165, 1.54) is 0 Å². The summed E-state index contributed by atoms with van der Waals surface area (Å²) in [5.41, 5.74) is 2.70. The summed E-state index contributed by atoms with van der Waals surface area (Å²) in [6.45, 7) is 9.02. The summed E-state index contributed by atoms with van der Waals surface area (Å²) >= 11 is 0. The van der Waals surface area contributed by atoms with Crippen molar-refractivity contribution >= 4 is 18.2 Å². The second kappa shape index (κ2) is 3.30. The third kappa shape index (κ3) is 1.58. The molecule has 0 aliphatic rings. The van der Waals surface area contributed by atoms with Gasteiger partial charge in [-0.05, 0) is 27.5 Å². The highest BCUT2D eigenvalue weighted by molar-refractivity contribution is 5.86. The van der Waals surface area contributed by atoms with Crippen molar-refractivity contribution in [2.75, 3.05) is 0 Å². The number of aromatic nitrogens is 2. The predicted octanol–water partition coefficient (Wildman–Crippen LogP) is 1.78. The van der Waals surface area contributed by atoms with Crippen LogP contribution in [0, 0.1) is 13.8 Å². The van der Waals surface area contributed by atoms with Gasteiger partial charge in [-0.3, -0.25) is 5.10 Å². The first-order valence-corrected chi connectivity index (χ1v) is 3.68. The Balaban J connectivity index is 3.10. The van der Waals surface area contributed by atoms with Gasteiger partial charge in [0.15, 0.2) is 0 Å². The van der Waals surface area contributed by atoms with Crippen molar-refractivity contribution in [1.82, 2.24) is 10.2 Å². The molecule has 1 aromatic heterocycles. The zero-order chi connectivity index (χ0) is 9.14. The molecule has 64 valence electrons.